The molecule has 2 unspecified atom stereocenters. The Labute approximate surface area is 80.2 Å². The average molecular weight is 242 g/mol. The van der Waals surface area contributed by atoms with Gasteiger partial charge < -0.3 is 0 Å². The Morgan fingerprint density at radius 1 is 1.54 bits per heavy atom. The molecule has 0 amide bonds. The molecule has 0 radical (unpaired) electrons. The standard InChI is InChI=1S/C9H9NO2Se/c1-6(11)7-2-3-8-9(4-7)13(12)5-10-8/h2-6,11H,1H3. The average Bonchev–Trinajstić information content (AvgIpc) is 2.47. The van der Waals surface area contributed by atoms with Crippen LogP contribution in [0.25, 0.3) is 0 Å². The van der Waals surface area contributed by atoms with Gasteiger partial charge in [-0.1, -0.05) is 0 Å². The normalized spacial score (nSPS) is 21.5. The van der Waals surface area contributed by atoms with E-state index in [4.69, 9.17) is 0 Å². The van der Waals surface area contributed by atoms with Crippen molar-refractivity contribution < 1.29 is 8.94 Å². The van der Waals surface area contributed by atoms with E-state index < -0.39 is 19.9 Å². The SMILES string of the molecule is CC(O)c1ccc2c(c1)[Se](=O)C=N2. The second-order valence-corrected chi connectivity index (χ2v) is 5.55. The minimum atomic E-state index is -2.04. The van der Waals surface area contributed by atoms with Crippen molar-refractivity contribution in [2.45, 2.75) is 13.0 Å². The van der Waals surface area contributed by atoms with Crippen molar-refractivity contribution in [3.05, 3.63) is 23.8 Å². The molecule has 0 saturated carbocycles. The molecule has 1 aromatic rings. The zero-order chi connectivity index (χ0) is 9.42. The third kappa shape index (κ3) is 1.48. The molecule has 1 aromatic carbocycles. The molecule has 4 heteroatoms. The van der Waals surface area contributed by atoms with Gasteiger partial charge in [-0.3, -0.25) is 0 Å². The maximum absolute atomic E-state index is 11.4. The maximum atomic E-state index is 11.4. The first-order valence-electron chi connectivity index (χ1n) is 3.95. The van der Waals surface area contributed by atoms with E-state index in [1.165, 1.54) is 5.11 Å². The quantitative estimate of drug-likeness (QED) is 0.734. The molecule has 3 nitrogen and oxygen atoms in total. The van der Waals surface area contributed by atoms with Crippen LogP contribution >= 0.6 is 0 Å². The Balaban J connectivity index is 2.51. The number of fused-ring (bicyclic) bond motifs is 1. The summed E-state index contributed by atoms with van der Waals surface area (Å²) in [5.74, 6) is 0. The van der Waals surface area contributed by atoms with E-state index >= 15 is 0 Å². The molecule has 1 aliphatic heterocycles. The van der Waals surface area contributed by atoms with Crippen LogP contribution < -0.4 is 4.46 Å². The van der Waals surface area contributed by atoms with Gasteiger partial charge in [0.2, 0.25) is 0 Å². The molecule has 2 atom stereocenters. The molecular formula is C9H9NO2Se. The van der Waals surface area contributed by atoms with Gasteiger partial charge in [-0.2, -0.15) is 0 Å². The van der Waals surface area contributed by atoms with E-state index in [9.17, 15) is 8.94 Å². The second-order valence-electron chi connectivity index (χ2n) is 2.94. The summed E-state index contributed by atoms with van der Waals surface area (Å²) in [6, 6.07) is 5.39. The van der Waals surface area contributed by atoms with Crippen LogP contribution in [0.2, 0.25) is 0 Å². The summed E-state index contributed by atoms with van der Waals surface area (Å²) in [5.41, 5.74) is 1.58. The van der Waals surface area contributed by atoms with Crippen molar-refractivity contribution >= 4 is 29.1 Å². The Bertz CT molecular complexity index is 399. The molecule has 0 aromatic heterocycles. The molecule has 1 N–H and O–H groups in total. The Kier molecular flexibility index (Phi) is 2.12. The fraction of sp³-hybridized carbons (Fsp3) is 0.222. The van der Waals surface area contributed by atoms with E-state index in [2.05, 4.69) is 4.99 Å². The fourth-order valence-corrected chi connectivity index (χ4v) is 3.11. The summed E-state index contributed by atoms with van der Waals surface area (Å²) in [4.78, 5) is 4.02. The summed E-state index contributed by atoms with van der Waals surface area (Å²) in [6.07, 6.45) is -0.510. The van der Waals surface area contributed by atoms with E-state index in [1.807, 2.05) is 6.07 Å². The zero-order valence-electron chi connectivity index (χ0n) is 7.10. The first-order valence-corrected chi connectivity index (χ1v) is 6.50. The number of aliphatic imine (C=N–C) groups is 1. The van der Waals surface area contributed by atoms with Crippen molar-refractivity contribution in [3.8, 4) is 0 Å². The van der Waals surface area contributed by atoms with Crippen LogP contribution in [0.3, 0.4) is 0 Å². The van der Waals surface area contributed by atoms with Gasteiger partial charge >= 0.3 is 79.8 Å². The Morgan fingerprint density at radius 3 is 3.00 bits per heavy atom. The minimum absolute atomic E-state index is 0.510. The summed E-state index contributed by atoms with van der Waals surface area (Å²) in [7, 11) is 0. The Hall–Kier alpha value is -0.831. The van der Waals surface area contributed by atoms with Gasteiger partial charge in [0, 0.05) is 0 Å². The molecule has 0 aliphatic carbocycles. The van der Waals surface area contributed by atoms with Gasteiger partial charge in [0.05, 0.1) is 0 Å². The number of aliphatic hydroxyl groups is 1. The number of hydrogen-bond acceptors (Lipinski definition) is 3. The summed E-state index contributed by atoms with van der Waals surface area (Å²) in [6.45, 7) is 1.69. The van der Waals surface area contributed by atoms with Crippen molar-refractivity contribution in [1.29, 1.82) is 0 Å². The molecule has 0 spiro atoms. The van der Waals surface area contributed by atoms with Crippen molar-refractivity contribution in [2.75, 3.05) is 0 Å². The van der Waals surface area contributed by atoms with Crippen LogP contribution in [0.1, 0.15) is 18.6 Å². The molecule has 1 heterocycles. The topological polar surface area (TPSA) is 49.7 Å². The fourth-order valence-electron chi connectivity index (χ4n) is 1.22. The number of hydrogen-bond donors (Lipinski definition) is 1. The molecular weight excluding hydrogens is 233 g/mol. The van der Waals surface area contributed by atoms with Crippen molar-refractivity contribution in [1.82, 2.24) is 0 Å². The molecule has 0 bridgehead atoms. The van der Waals surface area contributed by atoms with Gasteiger partial charge in [0.25, 0.3) is 0 Å². The van der Waals surface area contributed by atoms with Gasteiger partial charge in [-0.25, -0.2) is 0 Å². The van der Waals surface area contributed by atoms with E-state index in [1.54, 1.807) is 19.1 Å². The van der Waals surface area contributed by atoms with E-state index in [0.29, 0.717) is 0 Å². The Morgan fingerprint density at radius 2 is 2.31 bits per heavy atom. The molecule has 2 rings (SSSR count). The second kappa shape index (κ2) is 3.14. The molecule has 0 fully saturated rings. The first kappa shape index (κ1) is 8.75. The third-order valence-electron chi connectivity index (χ3n) is 1.97. The summed E-state index contributed by atoms with van der Waals surface area (Å²) in [5, 5.41) is 10.8. The number of rotatable bonds is 1. The van der Waals surface area contributed by atoms with E-state index in [-0.39, 0.29) is 0 Å². The van der Waals surface area contributed by atoms with Crippen LogP contribution in [-0.4, -0.2) is 24.1 Å². The zero-order valence-corrected chi connectivity index (χ0v) is 8.81. The summed E-state index contributed by atoms with van der Waals surface area (Å²) >= 11 is -2.04. The predicted octanol–water partition coefficient (Wildman–Crippen LogP) is 0.624. The van der Waals surface area contributed by atoms with Crippen LogP contribution in [0.5, 0.6) is 0 Å². The van der Waals surface area contributed by atoms with E-state index in [0.717, 1.165) is 15.7 Å². The predicted molar refractivity (Wildman–Crippen MR) is 51.3 cm³/mol. The number of aliphatic hydroxyl groups excluding tert-OH is 1. The van der Waals surface area contributed by atoms with Crippen molar-refractivity contribution in [3.63, 3.8) is 0 Å². The van der Waals surface area contributed by atoms with Crippen LogP contribution in [-0.2, 0) is 3.83 Å². The van der Waals surface area contributed by atoms with Gasteiger partial charge in [0.15, 0.2) is 0 Å². The molecule has 13 heavy (non-hydrogen) atoms. The molecule has 68 valence electrons. The van der Waals surface area contributed by atoms with Gasteiger partial charge in [0.1, 0.15) is 0 Å². The number of nitrogens with zero attached hydrogens (tertiary/aromatic N) is 1. The van der Waals surface area contributed by atoms with Crippen molar-refractivity contribution in [2.24, 2.45) is 4.99 Å². The first-order chi connectivity index (χ1) is 6.18. The van der Waals surface area contributed by atoms with Gasteiger partial charge in [-0.05, 0) is 0 Å². The van der Waals surface area contributed by atoms with Crippen LogP contribution in [0, 0.1) is 0 Å². The van der Waals surface area contributed by atoms with Crippen LogP contribution in [0.4, 0.5) is 5.69 Å². The number of benzene rings is 1. The monoisotopic (exact) mass is 243 g/mol. The molecule has 1 aliphatic rings. The summed E-state index contributed by atoms with van der Waals surface area (Å²) < 4.78 is 12.2. The third-order valence-corrected chi connectivity index (χ3v) is 4.19. The molecule has 0 saturated heterocycles. The van der Waals surface area contributed by atoms with Crippen LogP contribution in [0.15, 0.2) is 23.2 Å². The van der Waals surface area contributed by atoms with Gasteiger partial charge in [-0.15, -0.1) is 0 Å².